The maximum Gasteiger partial charge on any atom is 0.256 e. The van der Waals surface area contributed by atoms with Crippen molar-refractivity contribution >= 4 is 89.9 Å². The average molecular weight is 654 g/mol. The van der Waals surface area contributed by atoms with E-state index in [-0.39, 0.29) is 6.71 Å². The lowest BCUT2D eigenvalue weighted by atomic mass is 9.34. The first-order valence-corrected chi connectivity index (χ1v) is 17.2. The van der Waals surface area contributed by atoms with Gasteiger partial charge in [-0.1, -0.05) is 84.9 Å². The maximum atomic E-state index is 6.78. The van der Waals surface area contributed by atoms with E-state index < -0.39 is 0 Å². The SMILES string of the molecule is c1ccc(N2c3ccccc3B3c4cc5oc6cc(N(c7ccccc7)c7cncc8ccccc78)ccc6c5cc4Oc4cccc2c43)cc1. The molecule has 0 fully saturated rings. The van der Waals surface area contributed by atoms with Crippen LogP contribution in [0, 0.1) is 0 Å². The summed E-state index contributed by atoms with van der Waals surface area (Å²) in [4.78, 5) is 9.23. The van der Waals surface area contributed by atoms with Gasteiger partial charge in [-0.05, 0) is 83.1 Å². The van der Waals surface area contributed by atoms with Crippen LogP contribution in [0.4, 0.5) is 34.1 Å². The summed E-state index contributed by atoms with van der Waals surface area (Å²) in [6.07, 6.45) is 3.86. The first-order valence-electron chi connectivity index (χ1n) is 17.2. The molecule has 51 heavy (non-hydrogen) atoms. The van der Waals surface area contributed by atoms with Crippen molar-refractivity contribution in [1.82, 2.24) is 4.98 Å². The lowest BCUT2D eigenvalue weighted by molar-refractivity contribution is 0.488. The zero-order valence-corrected chi connectivity index (χ0v) is 27.4. The Bertz CT molecular complexity index is 2810. The van der Waals surface area contributed by atoms with E-state index in [4.69, 9.17) is 9.15 Å². The van der Waals surface area contributed by atoms with Crippen LogP contribution in [0.5, 0.6) is 11.5 Å². The molecular formula is C45H28BN3O2. The van der Waals surface area contributed by atoms with E-state index >= 15 is 0 Å². The summed E-state index contributed by atoms with van der Waals surface area (Å²) in [5, 5.41) is 4.29. The largest absolute Gasteiger partial charge is 0.458 e. The molecule has 11 rings (SSSR count). The molecule has 0 amide bonds. The predicted octanol–water partition coefficient (Wildman–Crippen LogP) is 10.0. The van der Waals surface area contributed by atoms with Crippen molar-refractivity contribution in [3.8, 4) is 11.5 Å². The number of rotatable bonds is 4. The molecule has 0 N–H and O–H groups in total. The van der Waals surface area contributed by atoms with Crippen molar-refractivity contribution < 1.29 is 9.15 Å². The summed E-state index contributed by atoms with van der Waals surface area (Å²) in [6.45, 7) is -0.00304. The second-order valence-corrected chi connectivity index (χ2v) is 13.2. The van der Waals surface area contributed by atoms with Crippen molar-refractivity contribution in [1.29, 1.82) is 0 Å². The summed E-state index contributed by atoms with van der Waals surface area (Å²) in [5.41, 5.74) is 11.6. The topological polar surface area (TPSA) is 41.7 Å². The Kier molecular flexibility index (Phi) is 5.98. The molecule has 0 saturated heterocycles. The number of fused-ring (bicyclic) bond motifs is 8. The fourth-order valence-electron chi connectivity index (χ4n) is 8.17. The van der Waals surface area contributed by atoms with Crippen LogP contribution >= 0.6 is 0 Å². The number of pyridine rings is 1. The highest BCUT2D eigenvalue weighted by atomic mass is 16.5. The molecule has 2 aliphatic rings. The summed E-state index contributed by atoms with van der Waals surface area (Å²) in [7, 11) is 0. The summed E-state index contributed by atoms with van der Waals surface area (Å²) in [6, 6.07) is 55.3. The Labute approximate surface area is 294 Å². The average Bonchev–Trinajstić information content (AvgIpc) is 3.54. The van der Waals surface area contributed by atoms with Gasteiger partial charge in [-0.15, -0.1) is 0 Å². The monoisotopic (exact) mass is 653 g/mol. The number of ether oxygens (including phenoxy) is 1. The molecule has 6 heteroatoms. The van der Waals surface area contributed by atoms with Gasteiger partial charge >= 0.3 is 0 Å². The van der Waals surface area contributed by atoms with Crippen LogP contribution in [-0.2, 0) is 0 Å². The molecule has 0 atom stereocenters. The molecule has 5 nitrogen and oxygen atoms in total. The van der Waals surface area contributed by atoms with Gasteiger partial charge in [0, 0.05) is 62.2 Å². The highest BCUT2D eigenvalue weighted by Gasteiger charge is 2.42. The van der Waals surface area contributed by atoms with Gasteiger partial charge < -0.3 is 19.0 Å². The van der Waals surface area contributed by atoms with Crippen LogP contribution in [0.1, 0.15) is 0 Å². The molecule has 0 bridgehead atoms. The quantitative estimate of drug-likeness (QED) is 0.177. The van der Waals surface area contributed by atoms with Crippen LogP contribution in [0.2, 0.25) is 0 Å². The predicted molar refractivity (Wildman–Crippen MR) is 210 cm³/mol. The van der Waals surface area contributed by atoms with Crippen LogP contribution in [0.15, 0.2) is 175 Å². The molecule has 0 aliphatic carbocycles. The molecule has 0 spiro atoms. The Balaban J connectivity index is 1.09. The number of para-hydroxylation sites is 3. The Morgan fingerprint density at radius 3 is 2.20 bits per heavy atom. The minimum atomic E-state index is -0.00304. The van der Waals surface area contributed by atoms with E-state index in [2.05, 4.69) is 166 Å². The minimum absolute atomic E-state index is 0.00304. The van der Waals surface area contributed by atoms with Crippen LogP contribution in [-0.4, -0.2) is 11.7 Å². The third kappa shape index (κ3) is 4.20. The fraction of sp³-hybridized carbons (Fsp3) is 0. The lowest BCUT2D eigenvalue weighted by Gasteiger charge is -2.39. The second kappa shape index (κ2) is 10.9. The first kappa shape index (κ1) is 28.1. The number of nitrogens with zero attached hydrogens (tertiary/aromatic N) is 3. The highest BCUT2D eigenvalue weighted by molar-refractivity contribution is 6.99. The van der Waals surface area contributed by atoms with Gasteiger partial charge in [0.1, 0.15) is 22.7 Å². The van der Waals surface area contributed by atoms with Gasteiger partial charge in [-0.3, -0.25) is 4.98 Å². The molecule has 2 aromatic heterocycles. The number of hydrogen-bond donors (Lipinski definition) is 0. The third-order valence-corrected chi connectivity index (χ3v) is 10.4. The van der Waals surface area contributed by atoms with Crippen molar-refractivity contribution in [3.63, 3.8) is 0 Å². The van der Waals surface area contributed by atoms with Gasteiger partial charge in [0.2, 0.25) is 0 Å². The molecule has 0 unspecified atom stereocenters. The van der Waals surface area contributed by atoms with Gasteiger partial charge in [-0.25, -0.2) is 0 Å². The fourth-order valence-corrected chi connectivity index (χ4v) is 8.17. The Morgan fingerprint density at radius 1 is 0.529 bits per heavy atom. The minimum Gasteiger partial charge on any atom is -0.458 e. The van der Waals surface area contributed by atoms with Crippen molar-refractivity contribution in [2.45, 2.75) is 0 Å². The molecule has 0 saturated carbocycles. The smallest absolute Gasteiger partial charge is 0.256 e. The Morgan fingerprint density at radius 2 is 1.29 bits per heavy atom. The molecule has 238 valence electrons. The highest BCUT2D eigenvalue weighted by Crippen LogP contribution is 2.44. The van der Waals surface area contributed by atoms with E-state index in [1.54, 1.807) is 0 Å². The first-order chi connectivity index (χ1) is 25.3. The Hall–Kier alpha value is -6.79. The molecule has 2 aliphatic heterocycles. The summed E-state index contributed by atoms with van der Waals surface area (Å²) in [5.74, 6) is 1.75. The molecule has 0 radical (unpaired) electrons. The van der Waals surface area contributed by atoms with E-state index in [1.807, 2.05) is 18.5 Å². The zero-order valence-electron chi connectivity index (χ0n) is 27.4. The van der Waals surface area contributed by atoms with Crippen LogP contribution in [0.25, 0.3) is 32.7 Å². The van der Waals surface area contributed by atoms with E-state index in [0.717, 1.165) is 78.1 Å². The third-order valence-electron chi connectivity index (χ3n) is 10.4. The number of anilines is 6. The number of benzene rings is 7. The summed E-state index contributed by atoms with van der Waals surface area (Å²) < 4.78 is 13.6. The maximum absolute atomic E-state index is 6.78. The lowest BCUT2D eigenvalue weighted by Crippen LogP contribution is -2.59. The van der Waals surface area contributed by atoms with Gasteiger partial charge in [0.15, 0.2) is 0 Å². The van der Waals surface area contributed by atoms with Crippen molar-refractivity contribution in [2.24, 2.45) is 0 Å². The van der Waals surface area contributed by atoms with Gasteiger partial charge in [0.25, 0.3) is 6.71 Å². The van der Waals surface area contributed by atoms with Crippen molar-refractivity contribution in [2.75, 3.05) is 9.80 Å². The second-order valence-electron chi connectivity index (χ2n) is 13.2. The van der Waals surface area contributed by atoms with Gasteiger partial charge in [0.05, 0.1) is 11.9 Å². The van der Waals surface area contributed by atoms with E-state index in [9.17, 15) is 0 Å². The summed E-state index contributed by atoms with van der Waals surface area (Å²) >= 11 is 0. The standard InChI is InChI=1S/C45H28BN3O2/c1-3-13-30(14-4-1)48(40-28-47-27-29-12-7-8-17-33(29)40)32-22-23-34-35-25-44-37(26-43(35)51-42(34)24-32)46-36-18-9-10-19-38(36)49(31-15-5-2-6-16-31)39-20-11-21-41(50-44)45(39)46/h1-28H. The molecule has 9 aromatic rings. The molecule has 7 aromatic carbocycles. The van der Waals surface area contributed by atoms with E-state index in [0.29, 0.717) is 0 Å². The number of aromatic nitrogens is 1. The van der Waals surface area contributed by atoms with Crippen LogP contribution < -0.4 is 30.9 Å². The van der Waals surface area contributed by atoms with E-state index in [1.165, 1.54) is 16.6 Å². The normalized spacial score (nSPS) is 12.8. The molecular weight excluding hydrogens is 625 g/mol. The van der Waals surface area contributed by atoms with Gasteiger partial charge in [-0.2, -0.15) is 0 Å². The molecule has 4 heterocycles. The number of furan rings is 1. The zero-order chi connectivity index (χ0) is 33.5. The van der Waals surface area contributed by atoms with Crippen molar-refractivity contribution in [3.05, 3.63) is 170 Å². The van der Waals surface area contributed by atoms with Crippen LogP contribution in [0.3, 0.4) is 0 Å². The number of hydrogen-bond acceptors (Lipinski definition) is 5.